The predicted molar refractivity (Wildman–Crippen MR) is 88.1 cm³/mol. The average molecular weight is 350 g/mol. The van der Waals surface area contributed by atoms with Gasteiger partial charge in [-0.15, -0.1) is 6.42 Å². The van der Waals surface area contributed by atoms with Gasteiger partial charge in [0.2, 0.25) is 5.95 Å². The fourth-order valence-electron chi connectivity index (χ4n) is 2.30. The summed E-state index contributed by atoms with van der Waals surface area (Å²) in [6.07, 6.45) is 3.75. The van der Waals surface area contributed by atoms with Crippen LogP contribution in [-0.2, 0) is 11.5 Å². The molecule has 10 heteroatoms. The number of hydrogen-bond acceptors (Lipinski definition) is 8. The predicted octanol–water partition coefficient (Wildman–Crippen LogP) is -0.350. The molecule has 0 radical (unpaired) electrons. The molecule has 1 unspecified atom stereocenters. The molecule has 25 heavy (non-hydrogen) atoms. The van der Waals surface area contributed by atoms with E-state index in [1.54, 1.807) is 5.92 Å². The fourth-order valence-corrected chi connectivity index (χ4v) is 2.30. The number of anilines is 2. The first-order valence-electron chi connectivity index (χ1n) is 7.79. The van der Waals surface area contributed by atoms with E-state index < -0.39 is 25.0 Å². The maximum absolute atomic E-state index is 13.4. The molecule has 1 aliphatic rings. The number of terminal acetylenes is 1. The first-order valence-corrected chi connectivity index (χ1v) is 7.79. The van der Waals surface area contributed by atoms with E-state index in [9.17, 15) is 14.6 Å². The highest BCUT2D eigenvalue weighted by Crippen LogP contribution is 2.27. The lowest BCUT2D eigenvalue weighted by molar-refractivity contribution is -0.101. The normalized spacial score (nSPS) is 17.8. The number of imidazole rings is 1. The molecule has 2 aromatic heterocycles. The summed E-state index contributed by atoms with van der Waals surface area (Å²) >= 11 is 0. The number of aliphatic hydroxyl groups excluding tert-OH is 2. The molecule has 1 aliphatic carbocycles. The van der Waals surface area contributed by atoms with E-state index in [1.165, 1.54) is 10.9 Å². The summed E-state index contributed by atoms with van der Waals surface area (Å²) in [4.78, 5) is 12.5. The summed E-state index contributed by atoms with van der Waals surface area (Å²) in [5, 5.41) is 22.2. The van der Waals surface area contributed by atoms with Gasteiger partial charge in [0.1, 0.15) is 18.9 Å². The number of aromatic nitrogens is 4. The highest BCUT2D eigenvalue weighted by molar-refractivity contribution is 5.84. The Morgan fingerprint density at radius 2 is 2.28 bits per heavy atom. The zero-order chi connectivity index (χ0) is 18.0. The summed E-state index contributed by atoms with van der Waals surface area (Å²) in [6.45, 7) is -0.725. The minimum atomic E-state index is -1.94. The van der Waals surface area contributed by atoms with Gasteiger partial charge in [0, 0.05) is 6.04 Å². The van der Waals surface area contributed by atoms with E-state index in [1.807, 2.05) is 0 Å². The molecule has 3 rings (SSSR count). The molecular formula is C15H19FN6O3. The molecule has 5 N–H and O–H groups in total. The van der Waals surface area contributed by atoms with Gasteiger partial charge < -0.3 is 26.0 Å². The number of hydrogen-bond donors (Lipinski definition) is 4. The van der Waals surface area contributed by atoms with E-state index in [-0.39, 0.29) is 12.7 Å². The van der Waals surface area contributed by atoms with Crippen molar-refractivity contribution >= 4 is 22.9 Å². The van der Waals surface area contributed by atoms with E-state index >= 15 is 0 Å². The number of ether oxygens (including phenoxy) is 1. The number of halogens is 1. The molecule has 0 amide bonds. The third-order valence-electron chi connectivity index (χ3n) is 3.85. The van der Waals surface area contributed by atoms with Gasteiger partial charge in [-0.05, 0) is 12.8 Å². The summed E-state index contributed by atoms with van der Waals surface area (Å²) in [5.74, 6) is 2.39. The summed E-state index contributed by atoms with van der Waals surface area (Å²) < 4.78 is 20.3. The van der Waals surface area contributed by atoms with Crippen LogP contribution in [0, 0.1) is 12.3 Å². The second kappa shape index (κ2) is 7.18. The molecule has 1 saturated carbocycles. The second-order valence-corrected chi connectivity index (χ2v) is 5.81. The SMILES string of the molecule is C#CC(F)[C@@H](O)[C@@H](CO)OCn1cnc2c(NC3CC3)nc(N)nc21. The minimum Gasteiger partial charge on any atom is -0.394 e. The van der Waals surface area contributed by atoms with Crippen LogP contribution in [-0.4, -0.2) is 60.8 Å². The van der Waals surface area contributed by atoms with Crippen LogP contribution in [0.2, 0.25) is 0 Å². The van der Waals surface area contributed by atoms with Crippen molar-refractivity contribution in [1.82, 2.24) is 19.5 Å². The van der Waals surface area contributed by atoms with Crippen molar-refractivity contribution in [3.8, 4) is 12.3 Å². The monoisotopic (exact) mass is 350 g/mol. The van der Waals surface area contributed by atoms with Crippen molar-refractivity contribution in [2.75, 3.05) is 17.7 Å². The molecule has 9 nitrogen and oxygen atoms in total. The number of nitrogens with two attached hydrogens (primary N) is 1. The van der Waals surface area contributed by atoms with Crippen LogP contribution in [0.15, 0.2) is 6.33 Å². The van der Waals surface area contributed by atoms with Crippen LogP contribution in [0.5, 0.6) is 0 Å². The number of nitrogens with one attached hydrogen (secondary N) is 1. The number of rotatable bonds is 8. The van der Waals surface area contributed by atoms with Crippen molar-refractivity contribution in [2.45, 2.75) is 44.0 Å². The van der Waals surface area contributed by atoms with Gasteiger partial charge in [0.15, 0.2) is 23.2 Å². The molecule has 3 atom stereocenters. The second-order valence-electron chi connectivity index (χ2n) is 5.81. The molecule has 0 aromatic carbocycles. The van der Waals surface area contributed by atoms with Gasteiger partial charge in [-0.1, -0.05) is 5.92 Å². The average Bonchev–Trinajstić information content (AvgIpc) is 3.33. The van der Waals surface area contributed by atoms with Crippen molar-refractivity contribution < 1.29 is 19.3 Å². The van der Waals surface area contributed by atoms with Gasteiger partial charge in [-0.2, -0.15) is 9.97 Å². The van der Waals surface area contributed by atoms with Gasteiger partial charge in [0.05, 0.1) is 12.9 Å². The summed E-state index contributed by atoms with van der Waals surface area (Å²) in [7, 11) is 0. The molecule has 134 valence electrons. The van der Waals surface area contributed by atoms with Crippen LogP contribution < -0.4 is 11.1 Å². The standard InChI is InChI=1S/C15H19FN6O3/c1-2-9(16)12(24)10(5-23)25-7-22-6-18-11-13(19-8-3-4-8)20-15(17)21-14(11)22/h1,6,8-10,12,23-24H,3-5,7H2,(H3,17,19,20,21)/t9?,10-,12-/m1/s1. The number of aliphatic hydroxyl groups is 2. The summed E-state index contributed by atoms with van der Waals surface area (Å²) in [6, 6.07) is 0.359. The zero-order valence-corrected chi connectivity index (χ0v) is 13.3. The molecule has 2 aromatic rings. The molecular weight excluding hydrogens is 331 g/mol. The molecule has 0 saturated heterocycles. The molecule has 0 bridgehead atoms. The quantitative estimate of drug-likeness (QED) is 0.475. The maximum atomic E-state index is 13.4. The Balaban J connectivity index is 1.77. The van der Waals surface area contributed by atoms with Crippen molar-refractivity contribution in [2.24, 2.45) is 0 Å². The summed E-state index contributed by atoms with van der Waals surface area (Å²) in [5.41, 5.74) is 6.69. The van der Waals surface area contributed by atoms with Crippen LogP contribution in [0.4, 0.5) is 16.2 Å². The first-order chi connectivity index (χ1) is 12.0. The Labute approximate surface area is 143 Å². The topological polar surface area (TPSA) is 131 Å². The lowest BCUT2D eigenvalue weighted by Gasteiger charge is -2.22. The smallest absolute Gasteiger partial charge is 0.224 e. The first kappa shape index (κ1) is 17.3. The minimum absolute atomic E-state index is 0.0762. The third kappa shape index (κ3) is 3.79. The van der Waals surface area contributed by atoms with Gasteiger partial charge >= 0.3 is 0 Å². The van der Waals surface area contributed by atoms with Crippen molar-refractivity contribution in [3.63, 3.8) is 0 Å². The largest absolute Gasteiger partial charge is 0.394 e. The molecule has 0 aliphatic heterocycles. The van der Waals surface area contributed by atoms with Gasteiger partial charge in [0.25, 0.3) is 0 Å². The van der Waals surface area contributed by atoms with Crippen LogP contribution >= 0.6 is 0 Å². The van der Waals surface area contributed by atoms with E-state index in [0.717, 1.165) is 12.8 Å². The fraction of sp³-hybridized carbons (Fsp3) is 0.533. The van der Waals surface area contributed by atoms with E-state index in [4.69, 9.17) is 16.9 Å². The zero-order valence-electron chi connectivity index (χ0n) is 13.3. The molecule has 2 heterocycles. The Morgan fingerprint density at radius 1 is 1.52 bits per heavy atom. The number of nitrogen functional groups attached to an aromatic ring is 1. The Bertz CT molecular complexity index is 787. The molecule has 0 spiro atoms. The molecule has 1 fully saturated rings. The van der Waals surface area contributed by atoms with E-state index in [0.29, 0.717) is 23.0 Å². The highest BCUT2D eigenvalue weighted by Gasteiger charge is 2.27. The number of nitrogens with zero attached hydrogens (tertiary/aromatic N) is 4. The highest BCUT2D eigenvalue weighted by atomic mass is 19.1. The Hall–Kier alpha value is -2.48. The van der Waals surface area contributed by atoms with Crippen molar-refractivity contribution in [3.05, 3.63) is 6.33 Å². The third-order valence-corrected chi connectivity index (χ3v) is 3.85. The Kier molecular flexibility index (Phi) is 4.98. The lowest BCUT2D eigenvalue weighted by atomic mass is 10.1. The number of fused-ring (bicyclic) bond motifs is 1. The van der Waals surface area contributed by atoms with Crippen LogP contribution in [0.3, 0.4) is 0 Å². The van der Waals surface area contributed by atoms with Crippen LogP contribution in [0.1, 0.15) is 12.8 Å². The number of alkyl halides is 1. The van der Waals surface area contributed by atoms with E-state index in [2.05, 4.69) is 20.3 Å². The maximum Gasteiger partial charge on any atom is 0.224 e. The van der Waals surface area contributed by atoms with Gasteiger partial charge in [-0.25, -0.2) is 9.37 Å². The van der Waals surface area contributed by atoms with Gasteiger partial charge in [-0.3, -0.25) is 4.57 Å². The lowest BCUT2D eigenvalue weighted by Crippen LogP contribution is -2.39. The Morgan fingerprint density at radius 3 is 2.92 bits per heavy atom. The van der Waals surface area contributed by atoms with Crippen LogP contribution in [0.25, 0.3) is 11.2 Å². The van der Waals surface area contributed by atoms with Crippen molar-refractivity contribution in [1.29, 1.82) is 0 Å².